The van der Waals surface area contributed by atoms with Crippen molar-refractivity contribution in [2.45, 2.75) is 58.8 Å². The Balaban J connectivity index is 3.19. The van der Waals surface area contributed by atoms with Crippen LogP contribution in [0.5, 0.6) is 0 Å². The molecular formula is C18H23ClFNO6. The number of amides is 1. The quantitative estimate of drug-likeness (QED) is 0.734. The highest BCUT2D eigenvalue weighted by Gasteiger charge is 2.30. The van der Waals surface area contributed by atoms with E-state index in [1.54, 1.807) is 41.5 Å². The van der Waals surface area contributed by atoms with E-state index in [0.29, 0.717) is 0 Å². The highest BCUT2D eigenvalue weighted by atomic mass is 35.5. The van der Waals surface area contributed by atoms with Gasteiger partial charge in [-0.15, -0.1) is 0 Å². The second-order valence-electron chi connectivity index (χ2n) is 7.77. The van der Waals surface area contributed by atoms with Crippen LogP contribution in [0.2, 0.25) is 5.02 Å². The fraction of sp³-hybridized carbons (Fsp3) is 0.500. The van der Waals surface area contributed by atoms with Crippen LogP contribution in [0.25, 0.3) is 0 Å². The number of rotatable bonds is 4. The molecule has 0 radical (unpaired) electrons. The molecule has 0 spiro atoms. The second-order valence-corrected chi connectivity index (χ2v) is 8.18. The number of hydrogen-bond acceptors (Lipinski definition) is 5. The number of carboxylic acids is 1. The first-order valence-corrected chi connectivity index (χ1v) is 8.43. The number of carbonyl (C=O) groups is 3. The Kier molecular flexibility index (Phi) is 6.83. The van der Waals surface area contributed by atoms with Crippen LogP contribution in [-0.4, -0.2) is 34.3 Å². The molecule has 27 heavy (non-hydrogen) atoms. The maximum Gasteiger partial charge on any atom is 0.408 e. The molecule has 0 aromatic heterocycles. The van der Waals surface area contributed by atoms with Crippen molar-refractivity contribution in [3.63, 3.8) is 0 Å². The molecule has 0 aliphatic rings. The molecule has 0 saturated heterocycles. The normalized spacial score (nSPS) is 12.9. The zero-order chi connectivity index (χ0) is 21.2. The summed E-state index contributed by atoms with van der Waals surface area (Å²) in [4.78, 5) is 35.5. The van der Waals surface area contributed by atoms with E-state index in [-0.39, 0.29) is 10.6 Å². The Hall–Kier alpha value is -2.35. The van der Waals surface area contributed by atoms with Gasteiger partial charge in [-0.25, -0.2) is 18.8 Å². The predicted molar refractivity (Wildman–Crippen MR) is 96.3 cm³/mol. The Bertz CT molecular complexity index is 751. The van der Waals surface area contributed by atoms with Crippen molar-refractivity contribution in [2.75, 3.05) is 0 Å². The first-order chi connectivity index (χ1) is 12.1. The summed E-state index contributed by atoms with van der Waals surface area (Å²) in [7, 11) is 0. The highest BCUT2D eigenvalue weighted by molar-refractivity contribution is 6.33. The molecule has 0 bridgehead atoms. The first-order valence-electron chi connectivity index (χ1n) is 8.05. The van der Waals surface area contributed by atoms with Gasteiger partial charge in [0.2, 0.25) is 0 Å². The largest absolute Gasteiger partial charge is 0.479 e. The molecule has 0 fully saturated rings. The minimum atomic E-state index is -1.76. The van der Waals surface area contributed by atoms with Crippen LogP contribution in [0.15, 0.2) is 12.1 Å². The van der Waals surface area contributed by atoms with E-state index in [2.05, 4.69) is 5.32 Å². The molecule has 1 aromatic carbocycles. The zero-order valence-corrected chi connectivity index (χ0v) is 16.7. The Morgan fingerprint density at radius 1 is 1.07 bits per heavy atom. The summed E-state index contributed by atoms with van der Waals surface area (Å²) in [6.07, 6.45) is -1.04. The molecule has 7 nitrogen and oxygen atoms in total. The summed E-state index contributed by atoms with van der Waals surface area (Å²) in [6.45, 7) is 9.68. The van der Waals surface area contributed by atoms with E-state index in [9.17, 15) is 23.9 Å². The molecular weight excluding hydrogens is 381 g/mol. The van der Waals surface area contributed by atoms with Crippen molar-refractivity contribution >= 4 is 29.6 Å². The number of aliphatic carboxylic acids is 1. The molecule has 0 aliphatic carbocycles. The van der Waals surface area contributed by atoms with Gasteiger partial charge in [-0.1, -0.05) is 11.6 Å². The maximum absolute atomic E-state index is 14.5. The van der Waals surface area contributed by atoms with Crippen LogP contribution in [0.3, 0.4) is 0 Å². The molecule has 150 valence electrons. The van der Waals surface area contributed by atoms with E-state index in [4.69, 9.17) is 21.1 Å². The van der Waals surface area contributed by atoms with Crippen LogP contribution in [0.1, 0.15) is 63.5 Å². The van der Waals surface area contributed by atoms with E-state index >= 15 is 0 Å². The summed E-state index contributed by atoms with van der Waals surface area (Å²) in [6, 6.07) is -0.0184. The second kappa shape index (κ2) is 8.12. The summed E-state index contributed by atoms with van der Waals surface area (Å²) >= 11 is 6.01. The Morgan fingerprint density at radius 3 is 2.04 bits per heavy atom. The molecule has 1 amide bonds. The van der Waals surface area contributed by atoms with Gasteiger partial charge in [0, 0.05) is 5.56 Å². The molecule has 0 saturated carbocycles. The molecule has 2 N–H and O–H groups in total. The third-order valence-electron chi connectivity index (χ3n) is 2.92. The smallest absolute Gasteiger partial charge is 0.408 e. The number of halogens is 2. The Labute approximate surface area is 161 Å². The number of carboxylic acid groups (broad SMARTS) is 1. The van der Waals surface area contributed by atoms with Crippen LogP contribution in [0, 0.1) is 5.82 Å². The maximum atomic E-state index is 14.5. The van der Waals surface area contributed by atoms with Crippen molar-refractivity contribution in [1.29, 1.82) is 0 Å². The molecule has 0 heterocycles. The first kappa shape index (κ1) is 22.7. The summed E-state index contributed by atoms with van der Waals surface area (Å²) in [5.41, 5.74) is -2.37. The monoisotopic (exact) mass is 403 g/mol. The topological polar surface area (TPSA) is 102 Å². The summed E-state index contributed by atoms with van der Waals surface area (Å²) < 4.78 is 24.6. The fourth-order valence-corrected chi connectivity index (χ4v) is 2.22. The lowest BCUT2D eigenvalue weighted by Crippen LogP contribution is -2.38. The lowest BCUT2D eigenvalue weighted by atomic mass is 10.0. The van der Waals surface area contributed by atoms with Crippen molar-refractivity contribution in [2.24, 2.45) is 0 Å². The average molecular weight is 404 g/mol. The van der Waals surface area contributed by atoms with Gasteiger partial charge in [0.1, 0.15) is 17.0 Å². The molecule has 1 unspecified atom stereocenters. The van der Waals surface area contributed by atoms with Crippen LogP contribution in [-0.2, 0) is 14.3 Å². The van der Waals surface area contributed by atoms with Crippen molar-refractivity contribution in [3.8, 4) is 0 Å². The minimum absolute atomic E-state index is 0.210. The molecule has 9 heteroatoms. The summed E-state index contributed by atoms with van der Waals surface area (Å²) in [5.74, 6) is -3.42. The van der Waals surface area contributed by atoms with Gasteiger partial charge < -0.3 is 19.9 Å². The summed E-state index contributed by atoms with van der Waals surface area (Å²) in [5, 5.41) is 11.2. The number of carbonyl (C=O) groups excluding carboxylic acids is 2. The van der Waals surface area contributed by atoms with Gasteiger partial charge >= 0.3 is 18.0 Å². The zero-order valence-electron chi connectivity index (χ0n) is 16.0. The lowest BCUT2D eigenvalue weighted by molar-refractivity contribution is -0.139. The number of nitrogens with one attached hydrogen (secondary N) is 1. The minimum Gasteiger partial charge on any atom is -0.479 e. The fourth-order valence-electron chi connectivity index (χ4n) is 1.97. The van der Waals surface area contributed by atoms with Gasteiger partial charge in [0.15, 0.2) is 6.04 Å². The van der Waals surface area contributed by atoms with E-state index in [0.717, 1.165) is 12.1 Å². The molecule has 0 aliphatic heterocycles. The Morgan fingerprint density at radius 2 is 1.59 bits per heavy atom. The van der Waals surface area contributed by atoms with Crippen molar-refractivity contribution in [1.82, 2.24) is 5.32 Å². The van der Waals surface area contributed by atoms with Crippen LogP contribution >= 0.6 is 11.6 Å². The van der Waals surface area contributed by atoms with Gasteiger partial charge in [0.05, 0.1) is 10.6 Å². The van der Waals surface area contributed by atoms with Gasteiger partial charge in [-0.2, -0.15) is 0 Å². The van der Waals surface area contributed by atoms with E-state index in [1.165, 1.54) is 0 Å². The number of benzene rings is 1. The SMILES string of the molecule is CC(C)(C)OC(=O)NC(C(=O)O)c1cc(Cl)c(C(=O)OC(C)(C)C)cc1F. The third kappa shape index (κ3) is 7.05. The standard InChI is InChI=1S/C18H23ClFNO6/c1-17(2,3)26-15(24)9-8-12(20)10(7-11(9)19)13(14(22)23)21-16(25)27-18(4,5)6/h7-8,13H,1-6H3,(H,21,25)(H,22,23). The van der Waals surface area contributed by atoms with Crippen LogP contribution in [0.4, 0.5) is 9.18 Å². The predicted octanol–water partition coefficient (Wildman–Crippen LogP) is 4.08. The van der Waals surface area contributed by atoms with Crippen molar-refractivity contribution in [3.05, 3.63) is 34.1 Å². The van der Waals surface area contributed by atoms with E-state index in [1.807, 2.05) is 0 Å². The van der Waals surface area contributed by atoms with Crippen molar-refractivity contribution < 1.29 is 33.4 Å². The molecule has 1 atom stereocenters. The van der Waals surface area contributed by atoms with E-state index < -0.39 is 46.7 Å². The number of esters is 1. The van der Waals surface area contributed by atoms with Gasteiger partial charge in [-0.3, -0.25) is 0 Å². The number of ether oxygens (including phenoxy) is 2. The molecule has 1 rings (SSSR count). The van der Waals surface area contributed by atoms with Gasteiger partial charge in [-0.05, 0) is 53.7 Å². The highest BCUT2D eigenvalue weighted by Crippen LogP contribution is 2.27. The number of hydrogen-bond donors (Lipinski definition) is 2. The average Bonchev–Trinajstić information content (AvgIpc) is 2.43. The molecule has 1 aromatic rings. The lowest BCUT2D eigenvalue weighted by Gasteiger charge is -2.23. The van der Waals surface area contributed by atoms with Gasteiger partial charge in [0.25, 0.3) is 0 Å². The number of alkyl carbamates (subject to hydrolysis) is 1. The third-order valence-corrected chi connectivity index (χ3v) is 3.24. The van der Waals surface area contributed by atoms with Crippen LogP contribution < -0.4 is 5.32 Å².